The number of H-pyrrole nitrogens is 1. The highest BCUT2D eigenvalue weighted by molar-refractivity contribution is 7.84. The number of aromatic nitrogens is 1. The van der Waals surface area contributed by atoms with Gasteiger partial charge in [-0.1, -0.05) is 6.92 Å². The number of nitrogens with one attached hydrogen (secondary N) is 1. The zero-order valence-corrected chi connectivity index (χ0v) is 14.2. The maximum Gasteiger partial charge on any atom is 0.235 e. The second-order valence-corrected chi connectivity index (χ2v) is 6.29. The molecule has 0 aliphatic heterocycles. The molecule has 0 fully saturated rings. The first-order valence-electron chi connectivity index (χ1n) is 7.48. The SMILES string of the molecule is CCCOc1c[nH]c(CS(=O)CC(=O)N(CC)CC)cc1=O. The Balaban J connectivity index is 2.63. The van der Waals surface area contributed by atoms with Gasteiger partial charge in [-0.2, -0.15) is 0 Å². The van der Waals surface area contributed by atoms with Crippen LogP contribution in [0.15, 0.2) is 17.1 Å². The van der Waals surface area contributed by atoms with Crippen molar-refractivity contribution in [3.05, 3.63) is 28.2 Å². The average Bonchev–Trinajstić information content (AvgIpc) is 2.47. The molecule has 1 N–H and O–H groups in total. The summed E-state index contributed by atoms with van der Waals surface area (Å²) in [5, 5.41) is 0. The second kappa shape index (κ2) is 9.40. The molecule has 6 nitrogen and oxygen atoms in total. The Morgan fingerprint density at radius 1 is 1.32 bits per heavy atom. The van der Waals surface area contributed by atoms with Gasteiger partial charge < -0.3 is 14.6 Å². The normalized spacial score (nSPS) is 12.0. The second-order valence-electron chi connectivity index (χ2n) is 4.83. The van der Waals surface area contributed by atoms with E-state index in [0.717, 1.165) is 6.42 Å². The highest BCUT2D eigenvalue weighted by Gasteiger charge is 2.14. The van der Waals surface area contributed by atoms with Crippen molar-refractivity contribution in [3.8, 4) is 5.75 Å². The zero-order chi connectivity index (χ0) is 16.5. The van der Waals surface area contributed by atoms with E-state index in [1.54, 1.807) is 4.90 Å². The van der Waals surface area contributed by atoms with E-state index in [1.807, 2.05) is 20.8 Å². The van der Waals surface area contributed by atoms with Gasteiger partial charge in [-0.15, -0.1) is 0 Å². The van der Waals surface area contributed by atoms with Crippen LogP contribution in [0.5, 0.6) is 5.75 Å². The smallest absolute Gasteiger partial charge is 0.235 e. The van der Waals surface area contributed by atoms with E-state index in [-0.39, 0.29) is 28.6 Å². The third kappa shape index (κ3) is 5.63. The van der Waals surface area contributed by atoms with Gasteiger partial charge in [0, 0.05) is 41.8 Å². The molecular formula is C15H24N2O4S. The standard InChI is InChI=1S/C15H24N2O4S/c1-4-7-21-14-9-16-12(8-13(14)18)10-22(20)11-15(19)17(5-2)6-3/h8-9H,4-7,10-11H2,1-3H3,(H,16,18). The van der Waals surface area contributed by atoms with Gasteiger partial charge in [0.1, 0.15) is 5.75 Å². The number of pyridine rings is 1. The van der Waals surface area contributed by atoms with Crippen LogP contribution in [0.1, 0.15) is 32.9 Å². The summed E-state index contributed by atoms with van der Waals surface area (Å²) in [5.41, 5.74) is 0.300. The largest absolute Gasteiger partial charge is 0.488 e. The lowest BCUT2D eigenvalue weighted by Crippen LogP contribution is -2.34. The van der Waals surface area contributed by atoms with Gasteiger partial charge in [-0.25, -0.2) is 0 Å². The molecule has 124 valence electrons. The fraction of sp³-hybridized carbons (Fsp3) is 0.600. The van der Waals surface area contributed by atoms with Gasteiger partial charge in [0.15, 0.2) is 5.75 Å². The third-order valence-corrected chi connectivity index (χ3v) is 4.32. The summed E-state index contributed by atoms with van der Waals surface area (Å²) < 4.78 is 17.3. The van der Waals surface area contributed by atoms with E-state index in [9.17, 15) is 13.8 Å². The van der Waals surface area contributed by atoms with Crippen molar-refractivity contribution < 1.29 is 13.7 Å². The predicted octanol–water partition coefficient (Wildman–Crippen LogP) is 1.28. The van der Waals surface area contributed by atoms with Crippen molar-refractivity contribution in [2.24, 2.45) is 0 Å². The Morgan fingerprint density at radius 3 is 2.55 bits per heavy atom. The molecule has 1 aromatic heterocycles. The number of amides is 1. The number of carbonyl (C=O) groups is 1. The highest BCUT2D eigenvalue weighted by Crippen LogP contribution is 2.05. The minimum atomic E-state index is -1.35. The lowest BCUT2D eigenvalue weighted by atomic mass is 10.3. The van der Waals surface area contributed by atoms with E-state index in [0.29, 0.717) is 25.4 Å². The highest BCUT2D eigenvalue weighted by atomic mass is 32.2. The molecule has 0 aromatic carbocycles. The maximum atomic E-state index is 12.0. The number of hydrogen-bond acceptors (Lipinski definition) is 4. The van der Waals surface area contributed by atoms with Gasteiger partial charge in [0.25, 0.3) is 0 Å². The number of hydrogen-bond donors (Lipinski definition) is 1. The summed E-state index contributed by atoms with van der Waals surface area (Å²) in [6, 6.07) is 1.38. The van der Waals surface area contributed by atoms with E-state index < -0.39 is 10.8 Å². The molecule has 22 heavy (non-hydrogen) atoms. The van der Waals surface area contributed by atoms with Crippen LogP contribution in [0.3, 0.4) is 0 Å². The number of aromatic amines is 1. The molecule has 0 radical (unpaired) electrons. The molecule has 0 bridgehead atoms. The van der Waals surface area contributed by atoms with Gasteiger partial charge in [0.2, 0.25) is 11.3 Å². The quantitative estimate of drug-likeness (QED) is 0.740. The Labute approximate surface area is 133 Å². The van der Waals surface area contributed by atoms with E-state index >= 15 is 0 Å². The van der Waals surface area contributed by atoms with Crippen LogP contribution in [-0.2, 0) is 21.3 Å². The number of ether oxygens (including phenoxy) is 1. The van der Waals surface area contributed by atoms with Gasteiger partial charge in [-0.05, 0) is 20.3 Å². The fourth-order valence-corrected chi connectivity index (χ4v) is 3.01. The Bertz CT molecular complexity index is 567. The summed E-state index contributed by atoms with van der Waals surface area (Å²) in [5.74, 6) is 0.248. The van der Waals surface area contributed by atoms with E-state index in [1.165, 1.54) is 12.3 Å². The Hall–Kier alpha value is -1.63. The molecule has 0 saturated heterocycles. The van der Waals surface area contributed by atoms with Crippen molar-refractivity contribution in [2.45, 2.75) is 32.9 Å². The molecule has 0 spiro atoms. The zero-order valence-electron chi connectivity index (χ0n) is 13.4. The maximum absolute atomic E-state index is 12.0. The van der Waals surface area contributed by atoms with Crippen molar-refractivity contribution in [3.63, 3.8) is 0 Å². The lowest BCUT2D eigenvalue weighted by Gasteiger charge is -2.18. The van der Waals surface area contributed by atoms with E-state index in [2.05, 4.69) is 4.98 Å². The minimum absolute atomic E-state index is 0.0300. The molecule has 1 atom stereocenters. The molecule has 0 saturated carbocycles. The van der Waals surface area contributed by atoms with Crippen LogP contribution in [0, 0.1) is 0 Å². The molecule has 1 unspecified atom stereocenters. The Kier molecular flexibility index (Phi) is 7.87. The summed E-state index contributed by atoms with van der Waals surface area (Å²) in [6.45, 7) is 7.42. The minimum Gasteiger partial charge on any atom is -0.488 e. The molecule has 7 heteroatoms. The summed E-state index contributed by atoms with van der Waals surface area (Å²) in [7, 11) is -1.35. The molecule has 1 amide bonds. The molecule has 0 aliphatic rings. The number of carbonyl (C=O) groups excluding carboxylic acids is 1. The fourth-order valence-electron chi connectivity index (χ4n) is 1.94. The van der Waals surface area contributed by atoms with Crippen LogP contribution in [-0.4, -0.2) is 45.4 Å². The topological polar surface area (TPSA) is 79.5 Å². The third-order valence-electron chi connectivity index (χ3n) is 3.12. The summed E-state index contributed by atoms with van der Waals surface area (Å²) in [6.07, 6.45) is 2.30. The van der Waals surface area contributed by atoms with Crippen molar-refractivity contribution in [2.75, 3.05) is 25.4 Å². The molecule has 1 rings (SSSR count). The van der Waals surface area contributed by atoms with Crippen molar-refractivity contribution >= 4 is 16.7 Å². The van der Waals surface area contributed by atoms with Gasteiger partial charge in [-0.3, -0.25) is 13.8 Å². The monoisotopic (exact) mass is 328 g/mol. The van der Waals surface area contributed by atoms with Crippen LogP contribution in [0.25, 0.3) is 0 Å². The predicted molar refractivity (Wildman–Crippen MR) is 87.5 cm³/mol. The number of nitrogens with zero attached hydrogens (tertiary/aromatic N) is 1. The first-order valence-corrected chi connectivity index (χ1v) is 8.97. The van der Waals surface area contributed by atoms with Crippen molar-refractivity contribution in [1.82, 2.24) is 9.88 Å². The first kappa shape index (κ1) is 18.4. The first-order chi connectivity index (χ1) is 10.5. The van der Waals surface area contributed by atoms with Gasteiger partial charge in [0.05, 0.1) is 12.4 Å². The van der Waals surface area contributed by atoms with Crippen LogP contribution in [0.4, 0.5) is 0 Å². The summed E-state index contributed by atoms with van der Waals surface area (Å²) in [4.78, 5) is 28.3. The van der Waals surface area contributed by atoms with Gasteiger partial charge >= 0.3 is 0 Å². The van der Waals surface area contributed by atoms with Crippen molar-refractivity contribution in [1.29, 1.82) is 0 Å². The molecule has 1 heterocycles. The van der Waals surface area contributed by atoms with Crippen LogP contribution < -0.4 is 10.2 Å². The van der Waals surface area contributed by atoms with Crippen LogP contribution >= 0.6 is 0 Å². The van der Waals surface area contributed by atoms with Crippen LogP contribution in [0.2, 0.25) is 0 Å². The molecular weight excluding hydrogens is 304 g/mol. The average molecular weight is 328 g/mol. The molecule has 1 aromatic rings. The molecule has 0 aliphatic carbocycles. The Morgan fingerprint density at radius 2 is 2.00 bits per heavy atom. The number of rotatable bonds is 9. The van der Waals surface area contributed by atoms with E-state index in [4.69, 9.17) is 4.74 Å². The lowest BCUT2D eigenvalue weighted by molar-refractivity contribution is -0.128. The summed E-state index contributed by atoms with van der Waals surface area (Å²) >= 11 is 0.